The Hall–Kier alpha value is -2.57. The van der Waals surface area contributed by atoms with E-state index in [1.54, 1.807) is 24.0 Å². The molecule has 1 aromatic carbocycles. The molecule has 7 heteroatoms. The fourth-order valence-corrected chi connectivity index (χ4v) is 2.40. The molecule has 0 bridgehead atoms. The van der Waals surface area contributed by atoms with Gasteiger partial charge >= 0.3 is 0 Å². The van der Waals surface area contributed by atoms with Gasteiger partial charge in [0.05, 0.1) is 12.2 Å². The summed E-state index contributed by atoms with van der Waals surface area (Å²) in [5.74, 6) is -0.0381. The zero-order valence-corrected chi connectivity index (χ0v) is 14.0. The number of hydrogen-bond acceptors (Lipinski definition) is 4. The Labute approximate surface area is 141 Å². The molecule has 0 fully saturated rings. The summed E-state index contributed by atoms with van der Waals surface area (Å²) in [4.78, 5) is 37.2. The smallest absolute Gasteiger partial charge is 0.267 e. The van der Waals surface area contributed by atoms with Crippen molar-refractivity contribution in [3.8, 4) is 5.75 Å². The van der Waals surface area contributed by atoms with Crippen molar-refractivity contribution in [2.24, 2.45) is 0 Å². The molecule has 24 heavy (non-hydrogen) atoms. The normalized spacial score (nSPS) is 16.2. The summed E-state index contributed by atoms with van der Waals surface area (Å²) >= 11 is 0. The summed E-state index contributed by atoms with van der Waals surface area (Å²) in [6.45, 7) is 4.42. The quantitative estimate of drug-likeness (QED) is 0.774. The summed E-state index contributed by atoms with van der Waals surface area (Å²) in [6, 6.07) is 7.23. The first-order chi connectivity index (χ1) is 11.5. The standard InChI is InChI=1S/C17H23N3O4/c1-3-9-18-16(22)11-19-15(21)8-10-20-13-6-4-5-7-14(13)24-12(2)17(20)23/h4-7,12H,3,8-11H2,1-2H3,(H,18,22)(H,19,21). The van der Waals surface area contributed by atoms with Crippen LogP contribution in [0.2, 0.25) is 0 Å². The van der Waals surface area contributed by atoms with Crippen LogP contribution in [-0.2, 0) is 14.4 Å². The number of amides is 3. The van der Waals surface area contributed by atoms with Crippen LogP contribution in [0.5, 0.6) is 5.75 Å². The van der Waals surface area contributed by atoms with Crippen LogP contribution in [0, 0.1) is 0 Å². The third-order valence-electron chi connectivity index (χ3n) is 3.65. The molecule has 1 aliphatic rings. The fraction of sp³-hybridized carbons (Fsp3) is 0.471. The molecule has 1 aliphatic heterocycles. The maximum absolute atomic E-state index is 12.3. The number of carbonyl (C=O) groups excluding carboxylic acids is 3. The molecule has 7 nitrogen and oxygen atoms in total. The lowest BCUT2D eigenvalue weighted by atomic mass is 10.1. The van der Waals surface area contributed by atoms with Crippen LogP contribution in [0.15, 0.2) is 24.3 Å². The molecule has 1 atom stereocenters. The highest BCUT2D eigenvalue weighted by Gasteiger charge is 2.31. The first kappa shape index (κ1) is 17.8. The Morgan fingerprint density at radius 1 is 1.21 bits per heavy atom. The van der Waals surface area contributed by atoms with Crippen molar-refractivity contribution in [2.45, 2.75) is 32.8 Å². The lowest BCUT2D eigenvalue weighted by Gasteiger charge is -2.32. The van der Waals surface area contributed by atoms with Gasteiger partial charge in [-0.25, -0.2) is 0 Å². The summed E-state index contributed by atoms with van der Waals surface area (Å²) < 4.78 is 5.55. The van der Waals surface area contributed by atoms with E-state index in [9.17, 15) is 14.4 Å². The number of nitrogens with zero attached hydrogens (tertiary/aromatic N) is 1. The number of hydrogen-bond donors (Lipinski definition) is 2. The van der Waals surface area contributed by atoms with Crippen LogP contribution in [0.3, 0.4) is 0 Å². The third kappa shape index (κ3) is 4.47. The van der Waals surface area contributed by atoms with Gasteiger partial charge in [-0.2, -0.15) is 0 Å². The molecule has 2 N–H and O–H groups in total. The maximum Gasteiger partial charge on any atom is 0.267 e. The lowest BCUT2D eigenvalue weighted by Crippen LogP contribution is -2.46. The molecule has 3 amide bonds. The van der Waals surface area contributed by atoms with Crippen LogP contribution < -0.4 is 20.3 Å². The molecule has 130 valence electrons. The van der Waals surface area contributed by atoms with E-state index in [2.05, 4.69) is 10.6 Å². The summed E-state index contributed by atoms with van der Waals surface area (Å²) in [7, 11) is 0. The zero-order chi connectivity index (χ0) is 17.5. The molecular weight excluding hydrogens is 310 g/mol. The van der Waals surface area contributed by atoms with E-state index in [0.29, 0.717) is 18.0 Å². The minimum absolute atomic E-state index is 0.0527. The highest BCUT2D eigenvalue weighted by Crippen LogP contribution is 2.33. The van der Waals surface area contributed by atoms with E-state index in [1.165, 1.54) is 0 Å². The molecule has 2 rings (SSSR count). The van der Waals surface area contributed by atoms with E-state index < -0.39 is 6.10 Å². The Morgan fingerprint density at radius 3 is 2.71 bits per heavy atom. The van der Waals surface area contributed by atoms with Crippen molar-refractivity contribution in [2.75, 3.05) is 24.5 Å². The summed E-state index contributed by atoms with van der Waals surface area (Å²) in [6.07, 6.45) is 0.382. The van der Waals surface area contributed by atoms with E-state index in [1.807, 2.05) is 19.1 Å². The highest BCUT2D eigenvalue weighted by atomic mass is 16.5. The monoisotopic (exact) mass is 333 g/mol. The van der Waals surface area contributed by atoms with Crippen LogP contribution in [-0.4, -0.2) is 43.5 Å². The van der Waals surface area contributed by atoms with Gasteiger partial charge in [0.25, 0.3) is 5.91 Å². The van der Waals surface area contributed by atoms with Crippen LogP contribution in [0.1, 0.15) is 26.7 Å². The number of fused-ring (bicyclic) bond motifs is 1. The van der Waals surface area contributed by atoms with Gasteiger partial charge < -0.3 is 20.3 Å². The maximum atomic E-state index is 12.3. The number of anilines is 1. The van der Waals surface area contributed by atoms with Crippen LogP contribution in [0.4, 0.5) is 5.69 Å². The molecule has 1 unspecified atom stereocenters. The van der Waals surface area contributed by atoms with Crippen molar-refractivity contribution in [1.29, 1.82) is 0 Å². The fourth-order valence-electron chi connectivity index (χ4n) is 2.40. The third-order valence-corrected chi connectivity index (χ3v) is 3.65. The van der Waals surface area contributed by atoms with Gasteiger partial charge in [-0.1, -0.05) is 19.1 Å². The topological polar surface area (TPSA) is 87.7 Å². The molecule has 0 aromatic heterocycles. The van der Waals surface area contributed by atoms with Gasteiger partial charge in [-0.05, 0) is 25.5 Å². The largest absolute Gasteiger partial charge is 0.479 e. The minimum Gasteiger partial charge on any atom is -0.479 e. The first-order valence-electron chi connectivity index (χ1n) is 8.13. The number of nitrogens with one attached hydrogen (secondary N) is 2. The summed E-state index contributed by atoms with van der Waals surface area (Å²) in [5.41, 5.74) is 0.661. The molecule has 1 aromatic rings. The van der Waals surface area contributed by atoms with Crippen molar-refractivity contribution in [1.82, 2.24) is 10.6 Å². The summed E-state index contributed by atoms with van der Waals surface area (Å²) in [5, 5.41) is 5.25. The molecule has 0 spiro atoms. The van der Waals surface area contributed by atoms with Gasteiger partial charge in [0.1, 0.15) is 5.75 Å². The van der Waals surface area contributed by atoms with Crippen molar-refractivity contribution in [3.05, 3.63) is 24.3 Å². The average molecular weight is 333 g/mol. The molecular formula is C17H23N3O4. The predicted octanol–water partition coefficient (Wildman–Crippen LogP) is 0.833. The van der Waals surface area contributed by atoms with E-state index in [0.717, 1.165) is 6.42 Å². The minimum atomic E-state index is -0.581. The Kier molecular flexibility index (Phi) is 6.17. The van der Waals surface area contributed by atoms with Gasteiger partial charge in [0.2, 0.25) is 11.8 Å². The molecule has 0 saturated heterocycles. The van der Waals surface area contributed by atoms with Gasteiger partial charge in [0.15, 0.2) is 6.10 Å². The highest BCUT2D eigenvalue weighted by molar-refractivity contribution is 6.00. The Morgan fingerprint density at radius 2 is 1.96 bits per heavy atom. The van der Waals surface area contributed by atoms with E-state index in [4.69, 9.17) is 4.74 Å². The predicted molar refractivity (Wildman–Crippen MR) is 89.8 cm³/mol. The molecule has 0 radical (unpaired) electrons. The van der Waals surface area contributed by atoms with Crippen LogP contribution in [0.25, 0.3) is 0 Å². The van der Waals surface area contributed by atoms with E-state index >= 15 is 0 Å². The second-order valence-electron chi connectivity index (χ2n) is 5.59. The number of ether oxygens (including phenoxy) is 1. The van der Waals surface area contributed by atoms with Crippen molar-refractivity contribution < 1.29 is 19.1 Å². The van der Waals surface area contributed by atoms with E-state index in [-0.39, 0.29) is 37.2 Å². The number of para-hydroxylation sites is 2. The Balaban J connectivity index is 1.88. The SMILES string of the molecule is CCCNC(=O)CNC(=O)CCN1C(=O)C(C)Oc2ccccc21. The average Bonchev–Trinajstić information content (AvgIpc) is 2.58. The van der Waals surface area contributed by atoms with Crippen LogP contribution >= 0.6 is 0 Å². The second-order valence-corrected chi connectivity index (χ2v) is 5.59. The second kappa shape index (κ2) is 8.33. The van der Waals surface area contributed by atoms with Gasteiger partial charge in [-0.15, -0.1) is 0 Å². The zero-order valence-electron chi connectivity index (χ0n) is 14.0. The van der Waals surface area contributed by atoms with Crippen molar-refractivity contribution in [3.63, 3.8) is 0 Å². The lowest BCUT2D eigenvalue weighted by molar-refractivity contribution is -0.127. The van der Waals surface area contributed by atoms with Gasteiger partial charge in [0, 0.05) is 19.5 Å². The number of rotatable bonds is 7. The van der Waals surface area contributed by atoms with Crippen molar-refractivity contribution >= 4 is 23.4 Å². The first-order valence-corrected chi connectivity index (χ1v) is 8.13. The number of carbonyl (C=O) groups is 3. The molecule has 0 saturated carbocycles. The molecule has 1 heterocycles. The number of benzene rings is 1. The Bertz CT molecular complexity index is 618. The molecule has 0 aliphatic carbocycles. The van der Waals surface area contributed by atoms with Gasteiger partial charge in [-0.3, -0.25) is 14.4 Å².